The first-order chi connectivity index (χ1) is 10.6. The second kappa shape index (κ2) is 6.01. The van der Waals surface area contributed by atoms with Gasteiger partial charge in [0, 0.05) is 12.2 Å². The Kier molecular flexibility index (Phi) is 3.91. The zero-order valence-corrected chi connectivity index (χ0v) is 12.4. The van der Waals surface area contributed by atoms with E-state index in [0.717, 1.165) is 17.7 Å². The van der Waals surface area contributed by atoms with Gasteiger partial charge < -0.3 is 15.2 Å². The molecule has 2 N–H and O–H groups in total. The molecule has 1 aromatic carbocycles. The van der Waals surface area contributed by atoms with E-state index in [-0.39, 0.29) is 11.8 Å². The maximum absolute atomic E-state index is 12.6. The summed E-state index contributed by atoms with van der Waals surface area (Å²) in [5.41, 5.74) is 2.38. The normalized spacial score (nSPS) is 18.3. The first kappa shape index (κ1) is 14.3. The molecule has 1 aliphatic rings. The summed E-state index contributed by atoms with van der Waals surface area (Å²) in [4.78, 5) is 32.9. The first-order valence-electron chi connectivity index (χ1n) is 7.32. The topological polar surface area (TPSA) is 78.1 Å². The first-order valence-corrected chi connectivity index (χ1v) is 7.32. The van der Waals surface area contributed by atoms with E-state index in [1.54, 1.807) is 4.90 Å². The highest BCUT2D eigenvalue weighted by atomic mass is 16.2. The molecule has 0 spiro atoms. The van der Waals surface area contributed by atoms with Gasteiger partial charge in [0.15, 0.2) is 0 Å². The Morgan fingerprint density at radius 1 is 1.36 bits per heavy atom. The van der Waals surface area contributed by atoms with Crippen molar-refractivity contribution in [1.82, 2.24) is 15.3 Å². The SMILES string of the molecule is Cc1ccc(N2CCC[C@H](NC(=O)c3cnc[nH]3)C2=O)cc1. The average molecular weight is 298 g/mol. The molecule has 6 heteroatoms. The molecule has 1 atom stereocenters. The molecule has 1 aromatic heterocycles. The summed E-state index contributed by atoms with van der Waals surface area (Å²) in [7, 11) is 0. The average Bonchev–Trinajstić information content (AvgIpc) is 3.05. The van der Waals surface area contributed by atoms with Crippen LogP contribution in [0, 0.1) is 6.92 Å². The quantitative estimate of drug-likeness (QED) is 0.904. The molecule has 2 heterocycles. The van der Waals surface area contributed by atoms with E-state index in [1.807, 2.05) is 31.2 Å². The zero-order chi connectivity index (χ0) is 15.5. The predicted molar refractivity (Wildman–Crippen MR) is 82.6 cm³/mol. The van der Waals surface area contributed by atoms with Crippen molar-refractivity contribution in [1.29, 1.82) is 0 Å². The Morgan fingerprint density at radius 2 is 2.14 bits per heavy atom. The van der Waals surface area contributed by atoms with Crippen molar-refractivity contribution in [3.63, 3.8) is 0 Å². The van der Waals surface area contributed by atoms with Crippen molar-refractivity contribution in [3.05, 3.63) is 48.0 Å². The van der Waals surface area contributed by atoms with Gasteiger partial charge in [0.2, 0.25) is 5.91 Å². The number of aryl methyl sites for hydroxylation is 1. The number of rotatable bonds is 3. The van der Waals surface area contributed by atoms with Gasteiger partial charge in [-0.1, -0.05) is 17.7 Å². The summed E-state index contributed by atoms with van der Waals surface area (Å²) in [6, 6.07) is 7.34. The van der Waals surface area contributed by atoms with Crippen molar-refractivity contribution in [3.8, 4) is 0 Å². The van der Waals surface area contributed by atoms with Crippen molar-refractivity contribution < 1.29 is 9.59 Å². The van der Waals surface area contributed by atoms with Crippen LogP contribution in [0.15, 0.2) is 36.8 Å². The number of amides is 2. The third-order valence-electron chi connectivity index (χ3n) is 3.83. The molecule has 0 saturated carbocycles. The molecule has 114 valence electrons. The number of carbonyl (C=O) groups is 2. The van der Waals surface area contributed by atoms with E-state index in [1.165, 1.54) is 12.5 Å². The number of benzene rings is 1. The van der Waals surface area contributed by atoms with Crippen LogP contribution in [0.5, 0.6) is 0 Å². The molecule has 1 aliphatic heterocycles. The van der Waals surface area contributed by atoms with Gasteiger partial charge in [-0.2, -0.15) is 0 Å². The fourth-order valence-corrected chi connectivity index (χ4v) is 2.61. The molecule has 0 bridgehead atoms. The van der Waals surface area contributed by atoms with Crippen LogP contribution in [0.2, 0.25) is 0 Å². The lowest BCUT2D eigenvalue weighted by Crippen LogP contribution is -2.52. The number of H-pyrrole nitrogens is 1. The number of hydrogen-bond donors (Lipinski definition) is 2. The number of imidazole rings is 1. The smallest absolute Gasteiger partial charge is 0.269 e. The second-order valence-electron chi connectivity index (χ2n) is 5.46. The van der Waals surface area contributed by atoms with E-state index in [4.69, 9.17) is 0 Å². The molecule has 0 radical (unpaired) electrons. The van der Waals surface area contributed by atoms with E-state index >= 15 is 0 Å². The molecule has 0 unspecified atom stereocenters. The van der Waals surface area contributed by atoms with Gasteiger partial charge in [-0.15, -0.1) is 0 Å². The molecule has 22 heavy (non-hydrogen) atoms. The van der Waals surface area contributed by atoms with Crippen molar-refractivity contribution >= 4 is 17.5 Å². The molecular formula is C16H18N4O2. The maximum Gasteiger partial charge on any atom is 0.269 e. The summed E-state index contributed by atoms with van der Waals surface area (Å²) in [6.07, 6.45) is 4.39. The number of carbonyl (C=O) groups excluding carboxylic acids is 2. The number of hydrogen-bond acceptors (Lipinski definition) is 3. The lowest BCUT2D eigenvalue weighted by atomic mass is 10.0. The second-order valence-corrected chi connectivity index (χ2v) is 5.46. The monoisotopic (exact) mass is 298 g/mol. The number of nitrogens with one attached hydrogen (secondary N) is 2. The van der Waals surface area contributed by atoms with Crippen LogP contribution in [0.4, 0.5) is 5.69 Å². The molecule has 1 saturated heterocycles. The van der Waals surface area contributed by atoms with E-state index < -0.39 is 6.04 Å². The van der Waals surface area contributed by atoms with Crippen LogP contribution in [-0.2, 0) is 4.79 Å². The maximum atomic E-state index is 12.6. The highest BCUT2D eigenvalue weighted by molar-refractivity contribution is 6.02. The lowest BCUT2D eigenvalue weighted by Gasteiger charge is -2.32. The summed E-state index contributed by atoms with van der Waals surface area (Å²) >= 11 is 0. The molecule has 3 rings (SSSR count). The van der Waals surface area contributed by atoms with Crippen molar-refractivity contribution in [2.75, 3.05) is 11.4 Å². The largest absolute Gasteiger partial charge is 0.341 e. The van der Waals surface area contributed by atoms with Crippen LogP contribution in [-0.4, -0.2) is 34.4 Å². The highest BCUT2D eigenvalue weighted by Gasteiger charge is 2.31. The summed E-state index contributed by atoms with van der Waals surface area (Å²) < 4.78 is 0. The Morgan fingerprint density at radius 3 is 2.82 bits per heavy atom. The van der Waals surface area contributed by atoms with Gasteiger partial charge in [-0.3, -0.25) is 9.59 Å². The van der Waals surface area contributed by atoms with Gasteiger partial charge in [0.1, 0.15) is 11.7 Å². The van der Waals surface area contributed by atoms with Crippen LogP contribution in [0.3, 0.4) is 0 Å². The van der Waals surface area contributed by atoms with E-state index in [9.17, 15) is 9.59 Å². The predicted octanol–water partition coefficient (Wildman–Crippen LogP) is 1.64. The Balaban J connectivity index is 1.72. The third kappa shape index (κ3) is 2.86. The van der Waals surface area contributed by atoms with Crippen LogP contribution in [0.25, 0.3) is 0 Å². The molecular weight excluding hydrogens is 280 g/mol. The number of piperidine rings is 1. The number of aromatic nitrogens is 2. The number of aromatic amines is 1. The van der Waals surface area contributed by atoms with Gasteiger partial charge in [-0.25, -0.2) is 4.98 Å². The van der Waals surface area contributed by atoms with Crippen molar-refractivity contribution in [2.24, 2.45) is 0 Å². The zero-order valence-electron chi connectivity index (χ0n) is 12.4. The minimum Gasteiger partial charge on any atom is -0.341 e. The van der Waals surface area contributed by atoms with Gasteiger partial charge in [-0.05, 0) is 31.9 Å². The van der Waals surface area contributed by atoms with E-state index in [2.05, 4.69) is 15.3 Å². The molecule has 0 aliphatic carbocycles. The fraction of sp³-hybridized carbons (Fsp3) is 0.312. The van der Waals surface area contributed by atoms with E-state index in [0.29, 0.717) is 18.7 Å². The van der Waals surface area contributed by atoms with Gasteiger partial charge in [0.25, 0.3) is 5.91 Å². The van der Waals surface area contributed by atoms with Gasteiger partial charge in [0.05, 0.1) is 12.5 Å². The lowest BCUT2D eigenvalue weighted by molar-refractivity contribution is -0.121. The van der Waals surface area contributed by atoms with Crippen LogP contribution >= 0.6 is 0 Å². The van der Waals surface area contributed by atoms with Crippen molar-refractivity contribution in [2.45, 2.75) is 25.8 Å². The van der Waals surface area contributed by atoms with Gasteiger partial charge >= 0.3 is 0 Å². The summed E-state index contributed by atoms with van der Waals surface area (Å²) in [5.74, 6) is -0.371. The Bertz CT molecular complexity index is 664. The minimum atomic E-state index is -0.495. The third-order valence-corrected chi connectivity index (χ3v) is 3.83. The molecule has 6 nitrogen and oxygen atoms in total. The Labute approximate surface area is 128 Å². The van der Waals surface area contributed by atoms with Crippen LogP contribution in [0.1, 0.15) is 28.9 Å². The Hall–Kier alpha value is -2.63. The molecule has 1 fully saturated rings. The standard InChI is InChI=1S/C16H18N4O2/c1-11-4-6-12(7-5-11)20-8-2-3-13(16(20)22)19-15(21)14-9-17-10-18-14/h4-7,9-10,13H,2-3,8H2,1H3,(H,17,18)(H,19,21)/t13-/m0/s1. The summed E-state index contributed by atoms with van der Waals surface area (Å²) in [6.45, 7) is 2.69. The number of anilines is 1. The highest BCUT2D eigenvalue weighted by Crippen LogP contribution is 2.21. The minimum absolute atomic E-state index is 0.0667. The summed E-state index contributed by atoms with van der Waals surface area (Å²) in [5, 5.41) is 2.78. The fourth-order valence-electron chi connectivity index (χ4n) is 2.61. The molecule has 2 amide bonds. The number of nitrogens with zero attached hydrogens (tertiary/aromatic N) is 2. The van der Waals surface area contributed by atoms with Crippen LogP contribution < -0.4 is 10.2 Å². The molecule has 2 aromatic rings.